The van der Waals surface area contributed by atoms with Gasteiger partial charge in [0, 0.05) is 36.3 Å². The Hall–Kier alpha value is -1.94. The van der Waals surface area contributed by atoms with Crippen molar-refractivity contribution in [3.05, 3.63) is 52.5 Å². The number of ether oxygens (including phenoxy) is 1. The molecule has 1 amide bonds. The van der Waals surface area contributed by atoms with Gasteiger partial charge in [0.2, 0.25) is 10.0 Å². The van der Waals surface area contributed by atoms with Crippen molar-refractivity contribution in [1.82, 2.24) is 9.21 Å². The van der Waals surface area contributed by atoms with E-state index < -0.39 is 10.0 Å². The third kappa shape index (κ3) is 6.06. The first-order valence-corrected chi connectivity index (χ1v) is 12.6. The number of rotatable bonds is 8. The van der Waals surface area contributed by atoms with Crippen LogP contribution in [0.2, 0.25) is 0 Å². The Bertz CT molecular complexity index is 1000. The maximum atomic E-state index is 12.9. The quantitative estimate of drug-likeness (QED) is 0.547. The highest BCUT2D eigenvalue weighted by Crippen LogP contribution is 2.25. The molecular weight excluding hydrogens is 482 g/mol. The van der Waals surface area contributed by atoms with Gasteiger partial charge < -0.3 is 15.0 Å². The fourth-order valence-electron chi connectivity index (χ4n) is 3.22. The number of nitrogens with one attached hydrogen (secondary N) is 1. The molecule has 31 heavy (non-hydrogen) atoms. The number of benzene rings is 2. The molecule has 0 radical (unpaired) electrons. The van der Waals surface area contributed by atoms with E-state index in [-0.39, 0.29) is 10.8 Å². The highest BCUT2D eigenvalue weighted by Gasteiger charge is 2.27. The molecule has 1 aliphatic heterocycles. The minimum absolute atomic E-state index is 0.223. The Labute approximate surface area is 192 Å². The summed E-state index contributed by atoms with van der Waals surface area (Å²) in [6.07, 6.45) is 1.90. The van der Waals surface area contributed by atoms with E-state index in [9.17, 15) is 13.2 Å². The van der Waals surface area contributed by atoms with Crippen molar-refractivity contribution in [2.45, 2.75) is 24.7 Å². The Morgan fingerprint density at radius 1 is 1.10 bits per heavy atom. The number of likely N-dealkylation sites (N-methyl/N-ethyl adjacent to an activating group) is 1. The molecule has 168 valence electrons. The smallest absolute Gasteiger partial charge is 0.259 e. The minimum atomic E-state index is -3.54. The zero-order valence-corrected chi connectivity index (χ0v) is 20.2. The lowest BCUT2D eigenvalue weighted by Crippen LogP contribution is -2.46. The van der Waals surface area contributed by atoms with E-state index in [1.807, 2.05) is 13.1 Å². The van der Waals surface area contributed by atoms with E-state index in [4.69, 9.17) is 4.74 Å². The highest BCUT2D eigenvalue weighted by atomic mass is 79.9. The summed E-state index contributed by atoms with van der Waals surface area (Å²) in [4.78, 5) is 15.2. The number of hydrogen-bond acceptors (Lipinski definition) is 5. The average molecular weight is 510 g/mol. The standard InChI is InChI=1S/C22H28BrN3O4S/c1-3-4-15-30-21-10-5-17(23)16-20(21)22(27)24-18-6-8-19(9-7-18)31(28,29)26-13-11-25(2)12-14-26/h5-10,16H,3-4,11-15H2,1-2H3,(H,24,27). The zero-order chi connectivity index (χ0) is 22.4. The number of nitrogens with zero attached hydrogens (tertiary/aromatic N) is 2. The molecule has 0 aliphatic carbocycles. The molecule has 2 aromatic carbocycles. The molecule has 0 unspecified atom stereocenters. The molecule has 0 saturated carbocycles. The first-order chi connectivity index (χ1) is 14.8. The molecule has 0 aromatic heterocycles. The van der Waals surface area contributed by atoms with E-state index in [0.717, 1.165) is 17.3 Å². The largest absolute Gasteiger partial charge is 0.493 e. The summed E-state index contributed by atoms with van der Waals surface area (Å²) in [6.45, 7) is 4.98. The second-order valence-corrected chi connectivity index (χ2v) is 10.4. The minimum Gasteiger partial charge on any atom is -0.493 e. The molecule has 1 saturated heterocycles. The van der Waals surface area contributed by atoms with E-state index in [0.29, 0.717) is 49.8 Å². The second-order valence-electron chi connectivity index (χ2n) is 7.53. The van der Waals surface area contributed by atoms with Gasteiger partial charge in [-0.3, -0.25) is 4.79 Å². The molecule has 7 nitrogen and oxygen atoms in total. The zero-order valence-electron chi connectivity index (χ0n) is 17.8. The lowest BCUT2D eigenvalue weighted by atomic mass is 10.2. The number of unbranched alkanes of at least 4 members (excludes halogenated alkanes) is 1. The third-order valence-corrected chi connectivity index (χ3v) is 7.56. The van der Waals surface area contributed by atoms with Crippen LogP contribution in [-0.2, 0) is 10.0 Å². The molecular formula is C22H28BrN3O4S. The monoisotopic (exact) mass is 509 g/mol. The first-order valence-electron chi connectivity index (χ1n) is 10.3. The molecule has 0 bridgehead atoms. The Morgan fingerprint density at radius 2 is 1.77 bits per heavy atom. The molecule has 3 rings (SSSR count). The van der Waals surface area contributed by atoms with Gasteiger partial charge in [0.1, 0.15) is 5.75 Å². The van der Waals surface area contributed by atoms with Gasteiger partial charge in [0.15, 0.2) is 0 Å². The second kappa shape index (κ2) is 10.6. The molecule has 9 heteroatoms. The Morgan fingerprint density at radius 3 is 2.42 bits per heavy atom. The van der Waals surface area contributed by atoms with Crippen molar-refractivity contribution in [3.63, 3.8) is 0 Å². The van der Waals surface area contributed by atoms with Crippen molar-refractivity contribution < 1.29 is 17.9 Å². The van der Waals surface area contributed by atoms with Gasteiger partial charge in [-0.25, -0.2) is 8.42 Å². The maximum absolute atomic E-state index is 12.9. The van der Waals surface area contributed by atoms with Gasteiger partial charge in [-0.2, -0.15) is 4.31 Å². The SMILES string of the molecule is CCCCOc1ccc(Br)cc1C(=O)Nc1ccc(S(=O)(=O)N2CCN(C)CC2)cc1. The Kier molecular flexibility index (Phi) is 8.10. The fraction of sp³-hybridized carbons (Fsp3) is 0.409. The van der Waals surface area contributed by atoms with Crippen molar-refractivity contribution in [2.75, 3.05) is 45.2 Å². The average Bonchev–Trinajstić information content (AvgIpc) is 2.75. The van der Waals surface area contributed by atoms with Crippen molar-refractivity contribution in [2.24, 2.45) is 0 Å². The van der Waals surface area contributed by atoms with Crippen LogP contribution in [0.3, 0.4) is 0 Å². The number of carbonyl (C=O) groups is 1. The van der Waals surface area contributed by atoms with Gasteiger partial charge >= 0.3 is 0 Å². The van der Waals surface area contributed by atoms with Gasteiger partial charge in [0.25, 0.3) is 5.91 Å². The summed E-state index contributed by atoms with van der Waals surface area (Å²) >= 11 is 3.39. The molecule has 1 heterocycles. The lowest BCUT2D eigenvalue weighted by molar-refractivity contribution is 0.102. The van der Waals surface area contributed by atoms with Crippen LogP contribution in [0, 0.1) is 0 Å². The number of halogens is 1. The van der Waals surface area contributed by atoms with Crippen LogP contribution >= 0.6 is 15.9 Å². The lowest BCUT2D eigenvalue weighted by Gasteiger charge is -2.31. The number of hydrogen-bond donors (Lipinski definition) is 1. The molecule has 2 aromatic rings. The van der Waals surface area contributed by atoms with E-state index >= 15 is 0 Å². The number of piperazine rings is 1. The summed E-state index contributed by atoms with van der Waals surface area (Å²) in [6, 6.07) is 11.6. The molecule has 0 spiro atoms. The predicted molar refractivity (Wildman–Crippen MR) is 125 cm³/mol. The van der Waals surface area contributed by atoms with Crippen molar-refractivity contribution in [1.29, 1.82) is 0 Å². The van der Waals surface area contributed by atoms with Crippen LogP contribution in [0.15, 0.2) is 51.8 Å². The molecule has 1 fully saturated rings. The topological polar surface area (TPSA) is 78.9 Å². The Balaban J connectivity index is 1.71. The van der Waals surface area contributed by atoms with Crippen LogP contribution in [0.1, 0.15) is 30.1 Å². The molecule has 0 atom stereocenters. The van der Waals surface area contributed by atoms with Crippen LogP contribution in [0.25, 0.3) is 0 Å². The van der Waals surface area contributed by atoms with E-state index in [1.165, 1.54) is 16.4 Å². The van der Waals surface area contributed by atoms with E-state index in [2.05, 4.69) is 33.1 Å². The number of anilines is 1. The van der Waals surface area contributed by atoms with Crippen LogP contribution in [-0.4, -0.2) is 63.4 Å². The number of sulfonamides is 1. The third-order valence-electron chi connectivity index (χ3n) is 5.15. The first kappa shape index (κ1) is 23.7. The van der Waals surface area contributed by atoms with Gasteiger partial charge in [0.05, 0.1) is 17.1 Å². The normalized spacial score (nSPS) is 15.6. The molecule has 1 N–H and O–H groups in total. The van der Waals surface area contributed by atoms with Gasteiger partial charge in [-0.15, -0.1) is 0 Å². The molecule has 1 aliphatic rings. The van der Waals surface area contributed by atoms with Crippen molar-refractivity contribution in [3.8, 4) is 5.75 Å². The van der Waals surface area contributed by atoms with Crippen molar-refractivity contribution >= 4 is 37.5 Å². The summed E-state index contributed by atoms with van der Waals surface area (Å²) in [5, 5.41) is 2.83. The summed E-state index contributed by atoms with van der Waals surface area (Å²) < 4.78 is 33.7. The number of amides is 1. The van der Waals surface area contributed by atoms with Crippen LogP contribution < -0.4 is 10.1 Å². The van der Waals surface area contributed by atoms with Gasteiger partial charge in [-0.1, -0.05) is 29.3 Å². The van der Waals surface area contributed by atoms with Crippen LogP contribution in [0.4, 0.5) is 5.69 Å². The van der Waals surface area contributed by atoms with Crippen LogP contribution in [0.5, 0.6) is 5.75 Å². The fourth-order valence-corrected chi connectivity index (χ4v) is 5.00. The number of carbonyl (C=O) groups excluding carboxylic acids is 1. The highest BCUT2D eigenvalue weighted by molar-refractivity contribution is 9.10. The summed E-state index contributed by atoms with van der Waals surface area (Å²) in [5.74, 6) is 0.200. The predicted octanol–water partition coefficient (Wildman–Crippen LogP) is 3.82. The summed E-state index contributed by atoms with van der Waals surface area (Å²) in [5.41, 5.74) is 0.932. The summed E-state index contributed by atoms with van der Waals surface area (Å²) in [7, 11) is -1.56. The van der Waals surface area contributed by atoms with Gasteiger partial charge in [-0.05, 0) is 55.9 Å². The maximum Gasteiger partial charge on any atom is 0.259 e. The van der Waals surface area contributed by atoms with E-state index in [1.54, 1.807) is 24.3 Å².